The molecule has 7 nitrogen and oxygen atoms in total. The molecule has 1 aromatic carbocycles. The number of aromatic nitrogens is 2. The minimum absolute atomic E-state index is 0.0939. The van der Waals surface area contributed by atoms with E-state index in [0.717, 1.165) is 11.1 Å². The van der Waals surface area contributed by atoms with Crippen molar-refractivity contribution in [1.82, 2.24) is 15.5 Å². The average molecular weight is 380 g/mol. The number of aryl methyl sites for hydroxylation is 2. The Bertz CT molecular complexity index is 761. The molecule has 0 radical (unpaired) electrons. The molecule has 0 atom stereocenters. The lowest BCUT2D eigenvalue weighted by Gasteiger charge is -2.09. The lowest BCUT2D eigenvalue weighted by molar-refractivity contribution is -0.117. The molecule has 0 spiro atoms. The molecule has 0 bridgehead atoms. The van der Waals surface area contributed by atoms with Crippen LogP contribution in [0, 0.1) is 13.8 Å². The van der Waals surface area contributed by atoms with Gasteiger partial charge in [0.2, 0.25) is 11.0 Å². The van der Waals surface area contributed by atoms with Gasteiger partial charge in [0.1, 0.15) is 0 Å². The molecule has 2 aromatic rings. The van der Waals surface area contributed by atoms with Gasteiger partial charge in [0, 0.05) is 11.7 Å². The Morgan fingerprint density at radius 1 is 1.24 bits per heavy atom. The van der Waals surface area contributed by atoms with Crippen molar-refractivity contribution < 1.29 is 9.59 Å². The van der Waals surface area contributed by atoms with E-state index in [9.17, 15) is 9.59 Å². The number of hydrogen-bond acceptors (Lipinski definition) is 7. The maximum atomic E-state index is 11.9. The topological polar surface area (TPSA) is 96.0 Å². The van der Waals surface area contributed by atoms with Gasteiger partial charge in [-0.25, -0.2) is 4.79 Å². The fourth-order valence-corrected chi connectivity index (χ4v) is 3.67. The van der Waals surface area contributed by atoms with E-state index >= 15 is 0 Å². The molecule has 3 N–H and O–H groups in total. The Labute approximate surface area is 155 Å². The molecular formula is C16H21N5O2S2. The van der Waals surface area contributed by atoms with Gasteiger partial charge in [-0.2, -0.15) is 0 Å². The summed E-state index contributed by atoms with van der Waals surface area (Å²) in [4.78, 5) is 23.8. The van der Waals surface area contributed by atoms with E-state index in [0.29, 0.717) is 15.2 Å². The van der Waals surface area contributed by atoms with Crippen LogP contribution in [0.4, 0.5) is 15.6 Å². The van der Waals surface area contributed by atoms with Gasteiger partial charge < -0.3 is 10.6 Å². The van der Waals surface area contributed by atoms with E-state index in [2.05, 4.69) is 26.1 Å². The summed E-state index contributed by atoms with van der Waals surface area (Å²) in [7, 11) is 0. The first kappa shape index (κ1) is 19.2. The second-order valence-corrected chi connectivity index (χ2v) is 7.98. The highest BCUT2D eigenvalue weighted by molar-refractivity contribution is 8.01. The van der Waals surface area contributed by atoms with Crippen molar-refractivity contribution in [3.8, 4) is 0 Å². The summed E-state index contributed by atoms with van der Waals surface area (Å²) in [6, 6.07) is 5.40. The van der Waals surface area contributed by atoms with E-state index in [1.807, 2.05) is 45.9 Å². The predicted molar refractivity (Wildman–Crippen MR) is 102 cm³/mol. The van der Waals surface area contributed by atoms with Gasteiger partial charge in [-0.3, -0.25) is 10.1 Å². The van der Waals surface area contributed by atoms with Crippen molar-refractivity contribution >= 4 is 45.9 Å². The van der Waals surface area contributed by atoms with E-state index in [-0.39, 0.29) is 17.7 Å². The first-order valence-corrected chi connectivity index (χ1v) is 9.54. The molecule has 2 rings (SSSR count). The van der Waals surface area contributed by atoms with Gasteiger partial charge >= 0.3 is 6.03 Å². The van der Waals surface area contributed by atoms with Crippen LogP contribution in [0.1, 0.15) is 25.0 Å². The third-order valence-electron chi connectivity index (χ3n) is 3.03. The molecule has 134 valence electrons. The van der Waals surface area contributed by atoms with Gasteiger partial charge in [-0.15, -0.1) is 10.2 Å². The first-order chi connectivity index (χ1) is 11.8. The Hall–Kier alpha value is -2.13. The summed E-state index contributed by atoms with van der Waals surface area (Å²) in [6.45, 7) is 7.90. The SMILES string of the molecule is Cc1ccc(NC(=O)NC(=O)CSc2nnc(NC(C)C)s2)c(C)c1. The van der Waals surface area contributed by atoms with Crippen LogP contribution in [0.5, 0.6) is 0 Å². The minimum atomic E-state index is -0.544. The van der Waals surface area contributed by atoms with Gasteiger partial charge in [-0.1, -0.05) is 40.8 Å². The number of rotatable bonds is 6. The summed E-state index contributed by atoms with van der Waals surface area (Å²) in [5.74, 6) is -0.294. The molecule has 3 amide bonds. The largest absolute Gasteiger partial charge is 0.358 e. The second-order valence-electron chi connectivity index (χ2n) is 5.78. The highest BCUT2D eigenvalue weighted by atomic mass is 32.2. The van der Waals surface area contributed by atoms with Crippen LogP contribution in [0.15, 0.2) is 22.5 Å². The van der Waals surface area contributed by atoms with E-state index < -0.39 is 6.03 Å². The van der Waals surface area contributed by atoms with E-state index in [4.69, 9.17) is 0 Å². The Morgan fingerprint density at radius 2 is 2.00 bits per heavy atom. The molecule has 0 unspecified atom stereocenters. The van der Waals surface area contributed by atoms with Gasteiger partial charge in [-0.05, 0) is 39.3 Å². The number of anilines is 2. The van der Waals surface area contributed by atoms with Crippen LogP contribution in [-0.4, -0.2) is 33.9 Å². The molecule has 0 aliphatic heterocycles. The summed E-state index contributed by atoms with van der Waals surface area (Å²) in [6.07, 6.45) is 0. The highest BCUT2D eigenvalue weighted by Gasteiger charge is 2.12. The normalized spacial score (nSPS) is 10.6. The summed E-state index contributed by atoms with van der Waals surface area (Å²) in [5.41, 5.74) is 2.73. The number of carbonyl (C=O) groups excluding carboxylic acids is 2. The van der Waals surface area contributed by atoms with Gasteiger partial charge in [0.25, 0.3) is 0 Å². The number of benzene rings is 1. The Kier molecular flexibility index (Phi) is 6.77. The standard InChI is InChI=1S/C16H21N5O2S2/c1-9(2)17-15-20-21-16(25-15)24-8-13(22)19-14(23)18-12-6-5-10(3)7-11(12)4/h5-7,9H,8H2,1-4H3,(H,17,20)(H2,18,19,22,23). The molecule has 1 heterocycles. The number of hydrogen-bond donors (Lipinski definition) is 3. The van der Waals surface area contributed by atoms with Crippen molar-refractivity contribution in [2.24, 2.45) is 0 Å². The van der Waals surface area contributed by atoms with Crippen LogP contribution >= 0.6 is 23.1 Å². The zero-order valence-electron chi connectivity index (χ0n) is 14.5. The molecule has 0 saturated carbocycles. The smallest absolute Gasteiger partial charge is 0.325 e. The maximum absolute atomic E-state index is 11.9. The van der Waals surface area contributed by atoms with E-state index in [1.165, 1.54) is 23.1 Å². The molecule has 1 aromatic heterocycles. The molecule has 0 saturated heterocycles. The lowest BCUT2D eigenvalue weighted by Crippen LogP contribution is -2.35. The van der Waals surface area contributed by atoms with Crippen LogP contribution in [-0.2, 0) is 4.79 Å². The minimum Gasteiger partial charge on any atom is -0.358 e. The third kappa shape index (κ3) is 6.35. The van der Waals surface area contributed by atoms with Crippen LogP contribution in [0.25, 0.3) is 0 Å². The predicted octanol–water partition coefficient (Wildman–Crippen LogP) is 3.42. The fourth-order valence-electron chi connectivity index (χ4n) is 1.97. The second kappa shape index (κ2) is 8.82. The molecule has 0 aliphatic rings. The number of nitrogens with one attached hydrogen (secondary N) is 3. The third-order valence-corrected chi connectivity index (χ3v) is 5.02. The number of imide groups is 1. The summed E-state index contributed by atoms with van der Waals surface area (Å²) >= 11 is 2.62. The Morgan fingerprint density at radius 3 is 2.68 bits per heavy atom. The Balaban J connectivity index is 1.79. The summed E-state index contributed by atoms with van der Waals surface area (Å²) < 4.78 is 0.674. The van der Waals surface area contributed by atoms with Crippen molar-refractivity contribution in [2.75, 3.05) is 16.4 Å². The molecular weight excluding hydrogens is 358 g/mol. The zero-order chi connectivity index (χ0) is 18.4. The molecule has 0 aliphatic carbocycles. The van der Waals surface area contributed by atoms with Crippen LogP contribution in [0.3, 0.4) is 0 Å². The number of urea groups is 1. The van der Waals surface area contributed by atoms with Crippen LogP contribution < -0.4 is 16.0 Å². The number of amides is 3. The quantitative estimate of drug-likeness (QED) is 0.666. The lowest BCUT2D eigenvalue weighted by atomic mass is 10.1. The monoisotopic (exact) mass is 379 g/mol. The van der Waals surface area contributed by atoms with Crippen molar-refractivity contribution in [3.05, 3.63) is 29.3 Å². The van der Waals surface area contributed by atoms with Crippen molar-refractivity contribution in [1.29, 1.82) is 0 Å². The molecule has 9 heteroatoms. The van der Waals surface area contributed by atoms with E-state index in [1.54, 1.807) is 0 Å². The van der Waals surface area contributed by atoms with Crippen molar-refractivity contribution in [2.45, 2.75) is 38.1 Å². The number of thioether (sulfide) groups is 1. The maximum Gasteiger partial charge on any atom is 0.325 e. The molecule has 0 fully saturated rings. The van der Waals surface area contributed by atoms with Crippen molar-refractivity contribution in [3.63, 3.8) is 0 Å². The number of nitrogens with zero attached hydrogens (tertiary/aromatic N) is 2. The van der Waals surface area contributed by atoms with Gasteiger partial charge in [0.15, 0.2) is 4.34 Å². The molecule has 25 heavy (non-hydrogen) atoms. The highest BCUT2D eigenvalue weighted by Crippen LogP contribution is 2.25. The average Bonchev–Trinajstić information content (AvgIpc) is 2.95. The van der Waals surface area contributed by atoms with Gasteiger partial charge in [0.05, 0.1) is 5.75 Å². The first-order valence-electron chi connectivity index (χ1n) is 7.74. The summed E-state index contributed by atoms with van der Waals surface area (Å²) in [5, 5.41) is 16.8. The van der Waals surface area contributed by atoms with Crippen LogP contribution in [0.2, 0.25) is 0 Å². The zero-order valence-corrected chi connectivity index (χ0v) is 16.2. The fraction of sp³-hybridized carbons (Fsp3) is 0.375. The number of carbonyl (C=O) groups is 2.